The predicted octanol–water partition coefficient (Wildman–Crippen LogP) is 3.71. The van der Waals surface area contributed by atoms with E-state index >= 15 is 0 Å². The maximum Gasteiger partial charge on any atom is 0.334 e. The fraction of sp³-hybridized carbons (Fsp3) is 1.00. The third kappa shape index (κ3) is 8.59. The average molecular weight is 356 g/mol. The Hall–Kier alpha value is 1.45. The summed E-state index contributed by atoms with van der Waals surface area (Å²) in [7, 11) is 0. The largest absolute Gasteiger partial charge is 0.334 e. The molecule has 0 aliphatic carbocycles. The van der Waals surface area contributed by atoms with Crippen LogP contribution in [0.1, 0.15) is 27.7 Å². The van der Waals surface area contributed by atoms with Crippen molar-refractivity contribution in [1.29, 1.82) is 0 Å². The summed E-state index contributed by atoms with van der Waals surface area (Å²) in [5.74, 6) is 0. The highest BCUT2D eigenvalue weighted by atomic mass is 32.5. The Balaban J connectivity index is 0. The minimum atomic E-state index is -2.87. The summed E-state index contributed by atoms with van der Waals surface area (Å²) in [6, 6.07) is 0. The molecule has 0 rings (SSSR count). The lowest BCUT2D eigenvalue weighted by Crippen LogP contribution is -2.03. The quantitative estimate of drug-likeness (QED) is 0.553. The van der Waals surface area contributed by atoms with Crippen LogP contribution in [0.3, 0.4) is 0 Å². The topological polar surface area (TPSA) is 46.2 Å². The standard InChI is InChI=1S/C8H20O5P2S2.H2S/c1-5-9-14(16,10-6-2)13-15(17,11-7-3)12-8-4;/h5-8H2,1-4H3;1H2. The molecule has 0 N–H and O–H groups in total. The number of rotatable bonds is 10. The van der Waals surface area contributed by atoms with Gasteiger partial charge in [-0.3, -0.25) is 0 Å². The zero-order valence-corrected chi connectivity index (χ0v) is 15.5. The molecule has 0 saturated heterocycles. The summed E-state index contributed by atoms with van der Waals surface area (Å²) in [5.41, 5.74) is 0. The minimum Gasteiger partial charge on any atom is -0.309 e. The van der Waals surface area contributed by atoms with E-state index in [4.69, 9.17) is 46.0 Å². The van der Waals surface area contributed by atoms with Gasteiger partial charge in [0.2, 0.25) is 0 Å². The van der Waals surface area contributed by atoms with Crippen molar-refractivity contribution in [3.05, 3.63) is 0 Å². The lowest BCUT2D eigenvalue weighted by atomic mass is 10.9. The summed E-state index contributed by atoms with van der Waals surface area (Å²) in [6.07, 6.45) is 0. The molecule has 0 amide bonds. The van der Waals surface area contributed by atoms with E-state index in [1.165, 1.54) is 0 Å². The van der Waals surface area contributed by atoms with Crippen LogP contribution in [0.5, 0.6) is 0 Å². The average Bonchev–Trinajstić information content (AvgIpc) is 2.17. The van der Waals surface area contributed by atoms with Crippen molar-refractivity contribution in [3.8, 4) is 0 Å². The van der Waals surface area contributed by atoms with Crippen LogP contribution in [-0.4, -0.2) is 26.4 Å². The molecule has 0 bridgehead atoms. The van der Waals surface area contributed by atoms with Crippen LogP contribution in [0.4, 0.5) is 0 Å². The smallest absolute Gasteiger partial charge is 0.309 e. The SMILES string of the molecule is CCOP(=S)(OCC)OP(=S)(OCC)OCC.S. The van der Waals surface area contributed by atoms with Crippen LogP contribution in [0.2, 0.25) is 0 Å². The van der Waals surface area contributed by atoms with Crippen LogP contribution < -0.4 is 0 Å². The third-order valence-electron chi connectivity index (χ3n) is 1.35. The first-order chi connectivity index (χ1) is 7.95. The van der Waals surface area contributed by atoms with Crippen LogP contribution in [0, 0.1) is 0 Å². The van der Waals surface area contributed by atoms with Crippen LogP contribution in [0.15, 0.2) is 0 Å². The van der Waals surface area contributed by atoms with Gasteiger partial charge in [-0.25, -0.2) is 4.31 Å². The number of hydrogen-bond donors (Lipinski definition) is 0. The summed E-state index contributed by atoms with van der Waals surface area (Å²) in [5, 5.41) is 0. The molecule has 0 atom stereocenters. The van der Waals surface area contributed by atoms with Gasteiger partial charge in [0.25, 0.3) is 0 Å². The minimum absolute atomic E-state index is 0. The van der Waals surface area contributed by atoms with Crippen molar-refractivity contribution in [1.82, 2.24) is 0 Å². The van der Waals surface area contributed by atoms with Crippen LogP contribution >= 0.6 is 26.9 Å². The van der Waals surface area contributed by atoms with Crippen molar-refractivity contribution in [3.63, 3.8) is 0 Å². The molecule has 112 valence electrons. The predicted molar refractivity (Wildman–Crippen MR) is 86.5 cm³/mol. The monoisotopic (exact) mass is 356 g/mol. The molecule has 0 aliphatic rings. The van der Waals surface area contributed by atoms with E-state index in [1.807, 2.05) is 27.7 Å². The molecule has 0 aromatic heterocycles. The fourth-order valence-corrected chi connectivity index (χ4v) is 7.30. The molecular weight excluding hydrogens is 334 g/mol. The van der Waals surface area contributed by atoms with Gasteiger partial charge >= 0.3 is 13.4 Å². The molecular formula is C8H22O5P2S3. The molecule has 5 nitrogen and oxygen atoms in total. The molecule has 0 spiro atoms. The summed E-state index contributed by atoms with van der Waals surface area (Å²) >= 11 is 10.4. The van der Waals surface area contributed by atoms with E-state index in [0.717, 1.165) is 0 Å². The van der Waals surface area contributed by atoms with Gasteiger partial charge in [-0.1, -0.05) is 0 Å². The van der Waals surface area contributed by atoms with Crippen molar-refractivity contribution in [2.45, 2.75) is 27.7 Å². The Morgan fingerprint density at radius 2 is 0.889 bits per heavy atom. The second-order valence-corrected chi connectivity index (χ2v) is 8.81. The van der Waals surface area contributed by atoms with Gasteiger partial charge in [0.1, 0.15) is 0 Å². The zero-order valence-electron chi connectivity index (χ0n) is 11.1. The molecule has 0 fully saturated rings. The zero-order chi connectivity index (χ0) is 13.4. The van der Waals surface area contributed by atoms with Gasteiger partial charge in [-0.15, -0.1) is 0 Å². The Bertz CT molecular complexity index is 254. The molecule has 0 saturated carbocycles. The van der Waals surface area contributed by atoms with Gasteiger partial charge in [0.05, 0.1) is 26.4 Å². The summed E-state index contributed by atoms with van der Waals surface area (Å²) in [4.78, 5) is 0. The van der Waals surface area contributed by atoms with Crippen LogP contribution in [-0.2, 0) is 46.0 Å². The second-order valence-electron chi connectivity index (χ2n) is 2.65. The van der Waals surface area contributed by atoms with Crippen molar-refractivity contribution >= 4 is 50.5 Å². The summed E-state index contributed by atoms with van der Waals surface area (Å²) < 4.78 is 26.9. The highest BCUT2D eigenvalue weighted by molar-refractivity contribution is 8.14. The Kier molecular flexibility index (Phi) is 13.5. The highest BCUT2D eigenvalue weighted by Crippen LogP contribution is 2.66. The van der Waals surface area contributed by atoms with E-state index in [-0.39, 0.29) is 13.5 Å². The van der Waals surface area contributed by atoms with E-state index in [9.17, 15) is 0 Å². The lowest BCUT2D eigenvalue weighted by molar-refractivity contribution is 0.176. The van der Waals surface area contributed by atoms with Gasteiger partial charge in [0.15, 0.2) is 0 Å². The molecule has 18 heavy (non-hydrogen) atoms. The molecule has 0 unspecified atom stereocenters. The molecule has 10 heteroatoms. The van der Waals surface area contributed by atoms with Gasteiger partial charge in [-0.2, -0.15) is 13.5 Å². The van der Waals surface area contributed by atoms with E-state index in [0.29, 0.717) is 26.4 Å². The molecule has 0 radical (unpaired) electrons. The van der Waals surface area contributed by atoms with Crippen molar-refractivity contribution < 1.29 is 22.4 Å². The molecule has 0 aliphatic heterocycles. The fourth-order valence-electron chi connectivity index (χ4n) is 0.924. The Labute approximate surface area is 127 Å². The Morgan fingerprint density at radius 3 is 1.06 bits per heavy atom. The molecule has 0 heterocycles. The van der Waals surface area contributed by atoms with Gasteiger partial charge in [0, 0.05) is 0 Å². The van der Waals surface area contributed by atoms with Gasteiger partial charge < -0.3 is 18.1 Å². The van der Waals surface area contributed by atoms with Crippen molar-refractivity contribution in [2.75, 3.05) is 26.4 Å². The maximum absolute atomic E-state index is 5.55. The van der Waals surface area contributed by atoms with E-state index < -0.39 is 13.4 Å². The van der Waals surface area contributed by atoms with E-state index in [1.54, 1.807) is 0 Å². The maximum atomic E-state index is 5.55. The molecule has 0 aromatic rings. The first-order valence-corrected chi connectivity index (χ1v) is 10.6. The van der Waals surface area contributed by atoms with Crippen LogP contribution in [0.25, 0.3) is 0 Å². The van der Waals surface area contributed by atoms with Crippen molar-refractivity contribution in [2.24, 2.45) is 0 Å². The normalized spacial score (nSPS) is 12.2. The first-order valence-electron chi connectivity index (χ1n) is 5.44. The molecule has 0 aromatic carbocycles. The van der Waals surface area contributed by atoms with E-state index in [2.05, 4.69) is 0 Å². The highest BCUT2D eigenvalue weighted by Gasteiger charge is 2.31. The Morgan fingerprint density at radius 1 is 0.667 bits per heavy atom. The summed E-state index contributed by atoms with van der Waals surface area (Å²) in [6.45, 7) is 3.09. The number of hydrogen-bond acceptors (Lipinski definition) is 7. The first kappa shape index (κ1) is 21.7. The lowest BCUT2D eigenvalue weighted by Gasteiger charge is -2.27. The van der Waals surface area contributed by atoms with Gasteiger partial charge in [-0.05, 0) is 51.3 Å². The third-order valence-corrected chi connectivity index (χ3v) is 7.71. The second kappa shape index (κ2) is 11.1.